The SMILES string of the molecule is CN1CCCC(NC(=O)N2CCCC(C(=O)O)C2)c2ccccc21. The van der Waals surface area contributed by atoms with Crippen molar-refractivity contribution < 1.29 is 14.7 Å². The first kappa shape index (κ1) is 16.6. The molecule has 2 aliphatic rings. The van der Waals surface area contributed by atoms with Crippen LogP contribution in [0, 0.1) is 5.92 Å². The molecule has 0 spiro atoms. The average molecular weight is 331 g/mol. The summed E-state index contributed by atoms with van der Waals surface area (Å²) >= 11 is 0. The molecule has 2 aliphatic heterocycles. The number of para-hydroxylation sites is 1. The second-order valence-electron chi connectivity index (χ2n) is 6.75. The van der Waals surface area contributed by atoms with Crippen LogP contribution < -0.4 is 10.2 Å². The molecule has 6 heteroatoms. The minimum absolute atomic E-state index is 0.0242. The number of benzene rings is 1. The predicted molar refractivity (Wildman–Crippen MR) is 92.2 cm³/mol. The number of carboxylic acid groups (broad SMARTS) is 1. The Labute approximate surface area is 142 Å². The second-order valence-corrected chi connectivity index (χ2v) is 6.75. The number of piperidine rings is 1. The topological polar surface area (TPSA) is 72.9 Å². The van der Waals surface area contributed by atoms with E-state index in [1.807, 2.05) is 12.1 Å². The molecule has 24 heavy (non-hydrogen) atoms. The zero-order valence-corrected chi connectivity index (χ0v) is 14.1. The van der Waals surface area contributed by atoms with Gasteiger partial charge in [0.25, 0.3) is 0 Å². The van der Waals surface area contributed by atoms with Crippen LogP contribution in [0.2, 0.25) is 0 Å². The fourth-order valence-electron chi connectivity index (χ4n) is 3.69. The number of anilines is 1. The fraction of sp³-hybridized carbons (Fsp3) is 0.556. The van der Waals surface area contributed by atoms with Crippen LogP contribution in [0.15, 0.2) is 24.3 Å². The summed E-state index contributed by atoms with van der Waals surface area (Å²) in [5, 5.41) is 12.3. The third-order valence-electron chi connectivity index (χ3n) is 5.07. The quantitative estimate of drug-likeness (QED) is 0.873. The number of hydrogen-bond donors (Lipinski definition) is 2. The van der Waals surface area contributed by atoms with Crippen molar-refractivity contribution in [1.82, 2.24) is 10.2 Å². The summed E-state index contributed by atoms with van der Waals surface area (Å²) in [6, 6.07) is 7.99. The van der Waals surface area contributed by atoms with E-state index in [9.17, 15) is 14.7 Å². The molecule has 1 saturated heterocycles. The van der Waals surface area contributed by atoms with Gasteiger partial charge in [-0.25, -0.2) is 4.79 Å². The molecule has 0 aliphatic carbocycles. The number of carbonyl (C=O) groups excluding carboxylic acids is 1. The summed E-state index contributed by atoms with van der Waals surface area (Å²) in [5.74, 6) is -1.26. The molecule has 2 atom stereocenters. The smallest absolute Gasteiger partial charge is 0.317 e. The number of aliphatic carboxylic acids is 1. The van der Waals surface area contributed by atoms with Gasteiger partial charge in [0.15, 0.2) is 0 Å². The van der Waals surface area contributed by atoms with Crippen LogP contribution in [-0.2, 0) is 4.79 Å². The summed E-state index contributed by atoms with van der Waals surface area (Å²) in [7, 11) is 2.07. The molecule has 0 saturated carbocycles. The third-order valence-corrected chi connectivity index (χ3v) is 5.07. The number of nitrogens with zero attached hydrogens (tertiary/aromatic N) is 2. The van der Waals surface area contributed by atoms with Crippen molar-refractivity contribution in [2.24, 2.45) is 5.92 Å². The van der Waals surface area contributed by atoms with Gasteiger partial charge in [-0.1, -0.05) is 18.2 Å². The molecule has 130 valence electrons. The first-order valence-electron chi connectivity index (χ1n) is 8.64. The highest BCUT2D eigenvalue weighted by molar-refractivity contribution is 5.77. The lowest BCUT2D eigenvalue weighted by molar-refractivity contribution is -0.143. The van der Waals surface area contributed by atoms with E-state index in [2.05, 4.69) is 29.4 Å². The molecule has 0 radical (unpaired) electrons. The fourth-order valence-corrected chi connectivity index (χ4v) is 3.69. The van der Waals surface area contributed by atoms with Gasteiger partial charge in [-0.05, 0) is 37.3 Å². The first-order chi connectivity index (χ1) is 11.6. The van der Waals surface area contributed by atoms with Gasteiger partial charge >= 0.3 is 12.0 Å². The van der Waals surface area contributed by atoms with Gasteiger partial charge in [-0.2, -0.15) is 0 Å². The minimum atomic E-state index is -0.811. The van der Waals surface area contributed by atoms with Gasteiger partial charge in [0, 0.05) is 32.4 Å². The molecule has 3 rings (SSSR count). The molecular weight excluding hydrogens is 306 g/mol. The molecular formula is C18H25N3O3. The van der Waals surface area contributed by atoms with Crippen LogP contribution in [0.5, 0.6) is 0 Å². The van der Waals surface area contributed by atoms with E-state index in [4.69, 9.17) is 0 Å². The largest absolute Gasteiger partial charge is 0.481 e. The van der Waals surface area contributed by atoms with E-state index in [0.29, 0.717) is 19.5 Å². The Morgan fingerprint density at radius 3 is 2.71 bits per heavy atom. The standard InChI is InChI=1S/C18H25N3O3/c1-20-10-5-8-15(14-7-2-3-9-16(14)20)19-18(24)21-11-4-6-13(12-21)17(22)23/h2-3,7,9,13,15H,4-6,8,10-12H2,1H3,(H,19,24)(H,22,23). The van der Waals surface area contributed by atoms with E-state index >= 15 is 0 Å². The van der Waals surface area contributed by atoms with Gasteiger partial charge in [-0.15, -0.1) is 0 Å². The maximum absolute atomic E-state index is 12.6. The second kappa shape index (κ2) is 7.11. The molecule has 2 N–H and O–H groups in total. The van der Waals surface area contributed by atoms with E-state index in [1.54, 1.807) is 4.90 Å². The highest BCUT2D eigenvalue weighted by Gasteiger charge is 2.30. The van der Waals surface area contributed by atoms with Crippen molar-refractivity contribution >= 4 is 17.7 Å². The Bertz CT molecular complexity index is 619. The highest BCUT2D eigenvalue weighted by atomic mass is 16.4. The van der Waals surface area contributed by atoms with Crippen LogP contribution in [0.25, 0.3) is 0 Å². The zero-order chi connectivity index (χ0) is 17.1. The van der Waals surface area contributed by atoms with Gasteiger partial charge in [0.05, 0.1) is 12.0 Å². The lowest BCUT2D eigenvalue weighted by atomic mass is 9.98. The van der Waals surface area contributed by atoms with Crippen molar-refractivity contribution in [3.05, 3.63) is 29.8 Å². The lowest BCUT2D eigenvalue weighted by Gasteiger charge is -2.32. The third kappa shape index (κ3) is 3.47. The molecule has 2 heterocycles. The Morgan fingerprint density at radius 2 is 1.92 bits per heavy atom. The Kier molecular flexibility index (Phi) is 4.92. The van der Waals surface area contributed by atoms with Crippen LogP contribution in [0.1, 0.15) is 37.3 Å². The molecule has 6 nitrogen and oxygen atoms in total. The molecule has 1 fully saturated rings. The van der Waals surface area contributed by atoms with Crippen LogP contribution in [0.3, 0.4) is 0 Å². The maximum Gasteiger partial charge on any atom is 0.317 e. The van der Waals surface area contributed by atoms with Crippen molar-refractivity contribution in [1.29, 1.82) is 0 Å². The molecule has 2 amide bonds. The summed E-state index contributed by atoms with van der Waals surface area (Å²) in [4.78, 5) is 27.7. The van der Waals surface area contributed by atoms with E-state index in [0.717, 1.165) is 37.1 Å². The Hall–Kier alpha value is -2.24. The Morgan fingerprint density at radius 1 is 1.17 bits per heavy atom. The van der Waals surface area contributed by atoms with Crippen molar-refractivity contribution in [2.45, 2.75) is 31.7 Å². The van der Waals surface area contributed by atoms with Gasteiger partial charge in [0.2, 0.25) is 0 Å². The van der Waals surface area contributed by atoms with Gasteiger partial charge < -0.3 is 20.2 Å². The monoisotopic (exact) mass is 331 g/mol. The van der Waals surface area contributed by atoms with Crippen molar-refractivity contribution in [3.8, 4) is 0 Å². The van der Waals surface area contributed by atoms with Crippen molar-refractivity contribution in [3.63, 3.8) is 0 Å². The average Bonchev–Trinajstić information content (AvgIpc) is 2.75. The summed E-state index contributed by atoms with van der Waals surface area (Å²) in [6.07, 6.45) is 3.29. The molecule has 0 bridgehead atoms. The minimum Gasteiger partial charge on any atom is -0.481 e. The number of carboxylic acids is 1. The summed E-state index contributed by atoms with van der Waals surface area (Å²) < 4.78 is 0. The van der Waals surface area contributed by atoms with Crippen molar-refractivity contribution in [2.75, 3.05) is 31.6 Å². The van der Waals surface area contributed by atoms with E-state index < -0.39 is 11.9 Å². The zero-order valence-electron chi connectivity index (χ0n) is 14.1. The number of carbonyl (C=O) groups is 2. The first-order valence-corrected chi connectivity index (χ1v) is 8.64. The molecule has 1 aromatic rings. The Balaban J connectivity index is 1.72. The number of amides is 2. The number of fused-ring (bicyclic) bond motifs is 1. The van der Waals surface area contributed by atoms with E-state index in [1.165, 1.54) is 0 Å². The van der Waals surface area contributed by atoms with Crippen LogP contribution in [-0.4, -0.2) is 48.7 Å². The maximum atomic E-state index is 12.6. The van der Waals surface area contributed by atoms with E-state index in [-0.39, 0.29) is 12.1 Å². The van der Waals surface area contributed by atoms with Crippen LogP contribution >= 0.6 is 0 Å². The normalized spacial score (nSPS) is 24.0. The highest BCUT2D eigenvalue weighted by Crippen LogP contribution is 2.32. The number of rotatable bonds is 2. The summed E-state index contributed by atoms with van der Waals surface area (Å²) in [6.45, 7) is 1.90. The number of urea groups is 1. The lowest BCUT2D eigenvalue weighted by Crippen LogP contribution is -2.47. The number of likely N-dealkylation sites (tertiary alicyclic amines) is 1. The van der Waals surface area contributed by atoms with Gasteiger partial charge in [-0.3, -0.25) is 4.79 Å². The van der Waals surface area contributed by atoms with Crippen LogP contribution in [0.4, 0.5) is 10.5 Å². The summed E-state index contributed by atoms with van der Waals surface area (Å²) in [5.41, 5.74) is 2.29. The number of nitrogens with one attached hydrogen (secondary N) is 1. The number of hydrogen-bond acceptors (Lipinski definition) is 3. The molecule has 0 aromatic heterocycles. The molecule has 2 unspecified atom stereocenters. The predicted octanol–water partition coefficient (Wildman–Crippen LogP) is 2.46. The van der Waals surface area contributed by atoms with Gasteiger partial charge in [0.1, 0.15) is 0 Å². The molecule has 1 aromatic carbocycles.